The van der Waals surface area contributed by atoms with Crippen molar-refractivity contribution in [3.05, 3.63) is 111 Å². The van der Waals surface area contributed by atoms with Gasteiger partial charge in [0.15, 0.2) is 0 Å². The lowest BCUT2D eigenvalue weighted by atomic mass is 10.1. The molecule has 3 aromatic carbocycles. The maximum absolute atomic E-state index is 13.7. The second kappa shape index (κ2) is 10.7. The summed E-state index contributed by atoms with van der Waals surface area (Å²) in [6.07, 6.45) is 1.37. The maximum Gasteiger partial charge on any atom is 0.261 e. The van der Waals surface area contributed by atoms with Crippen molar-refractivity contribution in [3.8, 4) is 0 Å². The highest BCUT2D eigenvalue weighted by Gasteiger charge is 2.29. The lowest BCUT2D eigenvalue weighted by molar-refractivity contribution is 0.0657. The Balaban J connectivity index is 1.89. The van der Waals surface area contributed by atoms with Gasteiger partial charge in [0.05, 0.1) is 34.1 Å². The quantitative estimate of drug-likeness (QED) is 0.310. The molecule has 1 atom stereocenters. The molecule has 0 fully saturated rings. The first-order chi connectivity index (χ1) is 16.5. The van der Waals surface area contributed by atoms with Crippen molar-refractivity contribution in [1.82, 2.24) is 14.5 Å². The summed E-state index contributed by atoms with van der Waals surface area (Å²) in [6, 6.07) is 23.9. The zero-order valence-corrected chi connectivity index (χ0v) is 20.2. The molecule has 0 aliphatic carbocycles. The van der Waals surface area contributed by atoms with Crippen molar-refractivity contribution in [2.24, 2.45) is 0 Å². The molecule has 6 heteroatoms. The first-order valence-electron chi connectivity index (χ1n) is 11.6. The van der Waals surface area contributed by atoms with E-state index in [0.29, 0.717) is 46.8 Å². The number of amides is 1. The Morgan fingerprint density at radius 1 is 0.971 bits per heavy atom. The minimum Gasteiger partial charge on any atom is -0.328 e. The van der Waals surface area contributed by atoms with Crippen LogP contribution in [0.1, 0.15) is 54.5 Å². The molecular formula is C28H28ClN3O2. The van der Waals surface area contributed by atoms with Gasteiger partial charge in [-0.25, -0.2) is 4.98 Å². The van der Waals surface area contributed by atoms with Crippen LogP contribution in [0.2, 0.25) is 5.02 Å². The Bertz CT molecular complexity index is 1350. The number of hydrogen-bond acceptors (Lipinski definition) is 3. The SMILES string of the molecule is CCCN(C(=O)c1ccccc1Cl)C(CC)c1nc2ccccc2c(=O)n1Cc1ccccc1. The molecule has 0 aliphatic rings. The van der Waals surface area contributed by atoms with Crippen LogP contribution in [-0.4, -0.2) is 26.9 Å². The molecular weight excluding hydrogens is 446 g/mol. The van der Waals surface area contributed by atoms with Crippen LogP contribution in [0.4, 0.5) is 0 Å². The summed E-state index contributed by atoms with van der Waals surface area (Å²) in [6.45, 7) is 4.95. The molecule has 174 valence electrons. The Morgan fingerprint density at radius 2 is 1.65 bits per heavy atom. The fourth-order valence-corrected chi connectivity index (χ4v) is 4.55. The molecule has 1 amide bonds. The number of halogens is 1. The average molecular weight is 474 g/mol. The molecule has 0 bridgehead atoms. The molecule has 1 unspecified atom stereocenters. The van der Waals surface area contributed by atoms with Crippen molar-refractivity contribution in [3.63, 3.8) is 0 Å². The minimum absolute atomic E-state index is 0.107. The standard InChI is InChI=1S/C28H28ClN3O2/c1-3-18-31(27(33)21-14-8-10-16-23(21)29)25(4-2)26-30-24-17-11-9-15-22(24)28(34)32(26)19-20-12-6-5-7-13-20/h5-17,25H,3-4,18-19H2,1-2H3. The molecule has 0 saturated carbocycles. The number of carbonyl (C=O) groups excluding carboxylic acids is 1. The molecule has 0 spiro atoms. The van der Waals surface area contributed by atoms with Gasteiger partial charge in [0.1, 0.15) is 5.82 Å². The third-order valence-electron chi connectivity index (χ3n) is 5.97. The van der Waals surface area contributed by atoms with E-state index >= 15 is 0 Å². The van der Waals surface area contributed by atoms with Crippen molar-refractivity contribution in [2.45, 2.75) is 39.3 Å². The number of rotatable bonds is 8. The van der Waals surface area contributed by atoms with Crippen LogP contribution in [0.15, 0.2) is 83.7 Å². The van der Waals surface area contributed by atoms with E-state index in [1.807, 2.05) is 74.5 Å². The fraction of sp³-hybridized carbons (Fsp3) is 0.250. The zero-order valence-electron chi connectivity index (χ0n) is 19.4. The van der Waals surface area contributed by atoms with Gasteiger partial charge < -0.3 is 4.90 Å². The molecule has 1 aromatic heterocycles. The first-order valence-corrected chi connectivity index (χ1v) is 12.0. The zero-order chi connectivity index (χ0) is 24.1. The van der Waals surface area contributed by atoms with Crippen LogP contribution in [0, 0.1) is 0 Å². The molecule has 0 saturated heterocycles. The van der Waals surface area contributed by atoms with Crippen LogP contribution in [-0.2, 0) is 6.54 Å². The van der Waals surface area contributed by atoms with E-state index in [2.05, 4.69) is 0 Å². The van der Waals surface area contributed by atoms with Gasteiger partial charge in [0.25, 0.3) is 11.5 Å². The van der Waals surface area contributed by atoms with E-state index < -0.39 is 0 Å². The summed E-state index contributed by atoms with van der Waals surface area (Å²) < 4.78 is 1.72. The number of hydrogen-bond donors (Lipinski definition) is 0. The number of para-hydroxylation sites is 1. The number of nitrogens with zero attached hydrogens (tertiary/aromatic N) is 3. The van der Waals surface area contributed by atoms with Gasteiger partial charge in [-0.05, 0) is 42.7 Å². The van der Waals surface area contributed by atoms with Gasteiger partial charge in [0, 0.05) is 6.54 Å². The summed E-state index contributed by atoms with van der Waals surface area (Å²) in [5.41, 5.74) is 1.97. The van der Waals surface area contributed by atoms with Crippen LogP contribution < -0.4 is 5.56 Å². The van der Waals surface area contributed by atoms with E-state index in [4.69, 9.17) is 16.6 Å². The molecule has 4 aromatic rings. The summed E-state index contributed by atoms with van der Waals surface area (Å²) in [7, 11) is 0. The van der Waals surface area contributed by atoms with Crippen molar-refractivity contribution < 1.29 is 4.79 Å². The van der Waals surface area contributed by atoms with E-state index in [-0.39, 0.29) is 17.5 Å². The fourth-order valence-electron chi connectivity index (χ4n) is 4.33. The summed E-state index contributed by atoms with van der Waals surface area (Å²) in [4.78, 5) is 34.1. The molecule has 0 aliphatic heterocycles. The first kappa shape index (κ1) is 23.7. The smallest absolute Gasteiger partial charge is 0.261 e. The monoisotopic (exact) mass is 473 g/mol. The maximum atomic E-state index is 13.7. The number of carbonyl (C=O) groups is 1. The number of fused-ring (bicyclic) bond motifs is 1. The average Bonchev–Trinajstić information content (AvgIpc) is 2.86. The number of aromatic nitrogens is 2. The lowest BCUT2D eigenvalue weighted by Gasteiger charge is -2.32. The van der Waals surface area contributed by atoms with Gasteiger partial charge in [-0.3, -0.25) is 14.2 Å². The third-order valence-corrected chi connectivity index (χ3v) is 6.29. The van der Waals surface area contributed by atoms with Gasteiger partial charge in [-0.1, -0.05) is 80.0 Å². The lowest BCUT2D eigenvalue weighted by Crippen LogP contribution is -2.39. The number of benzene rings is 3. The normalized spacial score (nSPS) is 12.0. The predicted octanol–water partition coefficient (Wildman–Crippen LogP) is 6.10. The second-order valence-electron chi connectivity index (χ2n) is 8.27. The van der Waals surface area contributed by atoms with Gasteiger partial charge in [0.2, 0.25) is 0 Å². The highest BCUT2D eigenvalue weighted by atomic mass is 35.5. The van der Waals surface area contributed by atoms with Crippen molar-refractivity contribution in [2.75, 3.05) is 6.54 Å². The molecule has 4 rings (SSSR count). The highest BCUT2D eigenvalue weighted by molar-refractivity contribution is 6.33. The minimum atomic E-state index is -0.384. The second-order valence-corrected chi connectivity index (χ2v) is 8.67. The van der Waals surface area contributed by atoms with Crippen LogP contribution >= 0.6 is 11.6 Å². The Kier molecular flexibility index (Phi) is 7.43. The molecule has 1 heterocycles. The summed E-state index contributed by atoms with van der Waals surface area (Å²) in [5.74, 6) is 0.428. The van der Waals surface area contributed by atoms with Gasteiger partial charge in [-0.15, -0.1) is 0 Å². The van der Waals surface area contributed by atoms with Gasteiger partial charge >= 0.3 is 0 Å². The third kappa shape index (κ3) is 4.75. The van der Waals surface area contributed by atoms with E-state index in [1.54, 1.807) is 27.7 Å². The van der Waals surface area contributed by atoms with E-state index in [0.717, 1.165) is 12.0 Å². The molecule has 34 heavy (non-hydrogen) atoms. The Hall–Kier alpha value is -3.44. The summed E-state index contributed by atoms with van der Waals surface area (Å²) in [5, 5.41) is 0.980. The van der Waals surface area contributed by atoms with Crippen molar-refractivity contribution >= 4 is 28.4 Å². The van der Waals surface area contributed by atoms with Gasteiger partial charge in [-0.2, -0.15) is 0 Å². The van der Waals surface area contributed by atoms with E-state index in [9.17, 15) is 9.59 Å². The molecule has 0 radical (unpaired) electrons. The van der Waals surface area contributed by atoms with Crippen molar-refractivity contribution in [1.29, 1.82) is 0 Å². The Labute approximate surface area is 204 Å². The molecule has 5 nitrogen and oxygen atoms in total. The Morgan fingerprint density at radius 3 is 2.35 bits per heavy atom. The molecule has 0 N–H and O–H groups in total. The predicted molar refractivity (Wildman–Crippen MR) is 137 cm³/mol. The summed E-state index contributed by atoms with van der Waals surface area (Å²) >= 11 is 6.38. The van der Waals surface area contributed by atoms with E-state index in [1.165, 1.54) is 0 Å². The van der Waals surface area contributed by atoms with Crippen LogP contribution in [0.5, 0.6) is 0 Å². The van der Waals surface area contributed by atoms with Crippen LogP contribution in [0.25, 0.3) is 10.9 Å². The van der Waals surface area contributed by atoms with Crippen LogP contribution in [0.3, 0.4) is 0 Å². The topological polar surface area (TPSA) is 55.2 Å². The highest BCUT2D eigenvalue weighted by Crippen LogP contribution is 2.28. The largest absolute Gasteiger partial charge is 0.328 e.